The van der Waals surface area contributed by atoms with Gasteiger partial charge in [0.2, 0.25) is 0 Å². The van der Waals surface area contributed by atoms with Gasteiger partial charge in [-0.05, 0) is 31.0 Å². The number of aryl methyl sites for hydroxylation is 1. The maximum absolute atomic E-state index is 11.0. The Kier molecular flexibility index (Phi) is 3.97. The predicted octanol–water partition coefficient (Wildman–Crippen LogP) is 2.29. The number of rotatable bonds is 4. The van der Waals surface area contributed by atoms with Crippen LogP contribution in [0.25, 0.3) is 0 Å². The van der Waals surface area contributed by atoms with E-state index in [4.69, 9.17) is 22.1 Å². The normalized spacial score (nSPS) is 12.2. The molecule has 1 atom stereocenters. The summed E-state index contributed by atoms with van der Waals surface area (Å²) in [6.07, 6.45) is -0.0936. The standard InChI is InChI=1S/C11H14ClNO2/c1-3-9(11(13)14)15-10-6-7(2)4-5-8(10)12/h4-6,9H,3H2,1-2H3,(H2,13,14). The minimum absolute atomic E-state index is 0.477. The molecule has 82 valence electrons. The van der Waals surface area contributed by atoms with Crippen LogP contribution in [-0.2, 0) is 4.79 Å². The lowest BCUT2D eigenvalue weighted by atomic mass is 10.2. The van der Waals surface area contributed by atoms with Crippen molar-refractivity contribution in [2.45, 2.75) is 26.4 Å². The first-order valence-electron chi connectivity index (χ1n) is 4.76. The van der Waals surface area contributed by atoms with Crippen molar-refractivity contribution in [2.75, 3.05) is 0 Å². The molecule has 1 aromatic carbocycles. The number of hydrogen-bond acceptors (Lipinski definition) is 2. The molecule has 0 fully saturated rings. The molecule has 0 spiro atoms. The van der Waals surface area contributed by atoms with E-state index in [-0.39, 0.29) is 0 Å². The van der Waals surface area contributed by atoms with Gasteiger partial charge in [0, 0.05) is 0 Å². The van der Waals surface area contributed by atoms with Gasteiger partial charge in [-0.15, -0.1) is 0 Å². The van der Waals surface area contributed by atoms with E-state index in [2.05, 4.69) is 0 Å². The molecular formula is C11H14ClNO2. The van der Waals surface area contributed by atoms with Gasteiger partial charge in [0.25, 0.3) is 5.91 Å². The molecule has 0 saturated heterocycles. The highest BCUT2D eigenvalue weighted by molar-refractivity contribution is 6.32. The second kappa shape index (κ2) is 5.03. The van der Waals surface area contributed by atoms with Crippen LogP contribution in [0, 0.1) is 6.92 Å². The molecule has 3 nitrogen and oxygen atoms in total. The maximum Gasteiger partial charge on any atom is 0.258 e. The van der Waals surface area contributed by atoms with E-state index in [9.17, 15) is 4.79 Å². The molecule has 1 amide bonds. The fourth-order valence-electron chi connectivity index (χ4n) is 1.20. The molecular weight excluding hydrogens is 214 g/mol. The smallest absolute Gasteiger partial charge is 0.258 e. The van der Waals surface area contributed by atoms with Gasteiger partial charge < -0.3 is 10.5 Å². The number of benzene rings is 1. The number of nitrogens with two attached hydrogens (primary N) is 1. The van der Waals surface area contributed by atoms with Crippen molar-refractivity contribution in [2.24, 2.45) is 5.73 Å². The summed E-state index contributed by atoms with van der Waals surface area (Å²) in [5.41, 5.74) is 6.20. The van der Waals surface area contributed by atoms with Gasteiger partial charge in [-0.3, -0.25) is 4.79 Å². The summed E-state index contributed by atoms with van der Waals surface area (Å²) in [6, 6.07) is 5.40. The Hall–Kier alpha value is -1.22. The monoisotopic (exact) mass is 227 g/mol. The highest BCUT2D eigenvalue weighted by Crippen LogP contribution is 2.26. The van der Waals surface area contributed by atoms with Gasteiger partial charge in [0.1, 0.15) is 5.75 Å². The van der Waals surface area contributed by atoms with E-state index >= 15 is 0 Å². The first-order valence-corrected chi connectivity index (χ1v) is 5.14. The Morgan fingerprint density at radius 3 is 2.80 bits per heavy atom. The first kappa shape index (κ1) is 11.9. The van der Waals surface area contributed by atoms with Crippen LogP contribution in [0.2, 0.25) is 5.02 Å². The number of carbonyl (C=O) groups excluding carboxylic acids is 1. The molecule has 0 aliphatic rings. The van der Waals surface area contributed by atoms with Crippen LogP contribution in [0.1, 0.15) is 18.9 Å². The second-order valence-corrected chi connectivity index (χ2v) is 3.76. The zero-order valence-corrected chi connectivity index (χ0v) is 9.54. The van der Waals surface area contributed by atoms with Gasteiger partial charge in [0.15, 0.2) is 6.10 Å². The average molecular weight is 228 g/mol. The van der Waals surface area contributed by atoms with Gasteiger partial charge in [-0.1, -0.05) is 24.6 Å². The average Bonchev–Trinajstić information content (AvgIpc) is 2.18. The Balaban J connectivity index is 2.87. The van der Waals surface area contributed by atoms with Crippen molar-refractivity contribution in [3.05, 3.63) is 28.8 Å². The predicted molar refractivity (Wildman–Crippen MR) is 60.1 cm³/mol. The zero-order valence-electron chi connectivity index (χ0n) is 8.79. The van der Waals surface area contributed by atoms with Gasteiger partial charge in [-0.25, -0.2) is 0 Å². The molecule has 1 unspecified atom stereocenters. The van der Waals surface area contributed by atoms with E-state index in [0.717, 1.165) is 5.56 Å². The maximum atomic E-state index is 11.0. The van der Waals surface area contributed by atoms with Crippen molar-refractivity contribution in [3.8, 4) is 5.75 Å². The Labute approximate surface area is 94.2 Å². The fourth-order valence-corrected chi connectivity index (χ4v) is 1.36. The minimum atomic E-state index is -0.621. The molecule has 0 aliphatic heterocycles. The molecule has 0 aliphatic carbocycles. The van der Waals surface area contributed by atoms with Crippen LogP contribution in [-0.4, -0.2) is 12.0 Å². The summed E-state index contributed by atoms with van der Waals surface area (Å²) in [4.78, 5) is 11.0. The van der Waals surface area contributed by atoms with Crippen LogP contribution in [0.15, 0.2) is 18.2 Å². The summed E-state index contributed by atoms with van der Waals surface area (Å²) in [5, 5.41) is 0.486. The number of primary amides is 1. The molecule has 0 saturated carbocycles. The summed E-state index contributed by atoms with van der Waals surface area (Å²) < 4.78 is 5.43. The minimum Gasteiger partial charge on any atom is -0.479 e. The van der Waals surface area contributed by atoms with Crippen LogP contribution in [0.3, 0.4) is 0 Å². The third-order valence-electron chi connectivity index (χ3n) is 2.04. The summed E-state index contributed by atoms with van der Waals surface area (Å²) in [7, 11) is 0. The van der Waals surface area contributed by atoms with Gasteiger partial charge in [-0.2, -0.15) is 0 Å². The molecule has 1 aromatic rings. The summed E-state index contributed by atoms with van der Waals surface area (Å²) in [6.45, 7) is 3.76. The van der Waals surface area contributed by atoms with Crippen molar-refractivity contribution >= 4 is 17.5 Å². The third kappa shape index (κ3) is 3.13. The van der Waals surface area contributed by atoms with Crippen LogP contribution < -0.4 is 10.5 Å². The van der Waals surface area contributed by atoms with Crippen molar-refractivity contribution in [1.29, 1.82) is 0 Å². The largest absolute Gasteiger partial charge is 0.479 e. The SMILES string of the molecule is CCC(Oc1cc(C)ccc1Cl)C(N)=O. The number of hydrogen-bond donors (Lipinski definition) is 1. The second-order valence-electron chi connectivity index (χ2n) is 3.35. The number of ether oxygens (including phenoxy) is 1. The quantitative estimate of drug-likeness (QED) is 0.858. The lowest BCUT2D eigenvalue weighted by molar-refractivity contribution is -0.124. The van der Waals surface area contributed by atoms with Gasteiger partial charge in [0.05, 0.1) is 5.02 Å². The zero-order chi connectivity index (χ0) is 11.4. The van der Waals surface area contributed by atoms with Crippen molar-refractivity contribution < 1.29 is 9.53 Å². The van der Waals surface area contributed by atoms with Crippen LogP contribution >= 0.6 is 11.6 Å². The molecule has 0 radical (unpaired) electrons. The molecule has 0 heterocycles. The van der Waals surface area contributed by atoms with E-state index in [1.807, 2.05) is 19.9 Å². The van der Waals surface area contributed by atoms with Gasteiger partial charge >= 0.3 is 0 Å². The van der Waals surface area contributed by atoms with E-state index in [1.54, 1.807) is 12.1 Å². The number of amides is 1. The Morgan fingerprint density at radius 2 is 2.27 bits per heavy atom. The van der Waals surface area contributed by atoms with E-state index < -0.39 is 12.0 Å². The lowest BCUT2D eigenvalue weighted by Gasteiger charge is -2.15. The third-order valence-corrected chi connectivity index (χ3v) is 2.36. The highest BCUT2D eigenvalue weighted by atomic mass is 35.5. The Morgan fingerprint density at radius 1 is 1.60 bits per heavy atom. The summed E-state index contributed by atoms with van der Waals surface area (Å²) in [5.74, 6) is 0.0254. The molecule has 2 N–H and O–H groups in total. The Bertz CT molecular complexity index is 366. The topological polar surface area (TPSA) is 52.3 Å². The molecule has 1 rings (SSSR count). The van der Waals surface area contributed by atoms with Crippen molar-refractivity contribution in [1.82, 2.24) is 0 Å². The number of halogens is 1. The molecule has 0 bridgehead atoms. The molecule has 4 heteroatoms. The summed E-state index contributed by atoms with van der Waals surface area (Å²) >= 11 is 5.92. The van der Waals surface area contributed by atoms with Crippen LogP contribution in [0.4, 0.5) is 0 Å². The van der Waals surface area contributed by atoms with E-state index in [1.165, 1.54) is 0 Å². The molecule has 15 heavy (non-hydrogen) atoms. The van der Waals surface area contributed by atoms with E-state index in [0.29, 0.717) is 17.2 Å². The number of carbonyl (C=O) groups is 1. The van der Waals surface area contributed by atoms with Crippen LogP contribution in [0.5, 0.6) is 5.75 Å². The highest BCUT2D eigenvalue weighted by Gasteiger charge is 2.15. The lowest BCUT2D eigenvalue weighted by Crippen LogP contribution is -2.33. The van der Waals surface area contributed by atoms with Crippen molar-refractivity contribution in [3.63, 3.8) is 0 Å². The molecule has 0 aromatic heterocycles. The first-order chi connectivity index (χ1) is 7.04. The fraction of sp³-hybridized carbons (Fsp3) is 0.364.